The van der Waals surface area contributed by atoms with Crippen molar-refractivity contribution in [3.05, 3.63) is 59.7 Å². The van der Waals surface area contributed by atoms with Gasteiger partial charge >= 0.3 is 0 Å². The van der Waals surface area contributed by atoms with Crippen molar-refractivity contribution in [2.75, 3.05) is 0 Å². The lowest BCUT2D eigenvalue weighted by Crippen LogP contribution is -1.98. The monoisotopic (exact) mass is 248 g/mol. The number of rotatable bonds is 3. The molecule has 2 aromatic carbocycles. The number of ketones is 1. The Bertz CT molecular complexity index is 577. The molecule has 0 fully saturated rings. The fourth-order valence-electron chi connectivity index (χ4n) is 1.50. The third kappa shape index (κ3) is 2.71. The molecule has 0 atom stereocenters. The summed E-state index contributed by atoms with van der Waals surface area (Å²) in [6.07, 6.45) is 0. The molecule has 0 aromatic heterocycles. The lowest BCUT2D eigenvalue weighted by molar-refractivity contribution is 0.101. The van der Waals surface area contributed by atoms with Crippen molar-refractivity contribution in [1.29, 1.82) is 0 Å². The minimum absolute atomic E-state index is 0.152. The predicted molar refractivity (Wildman–Crippen MR) is 62.9 cm³/mol. The molecule has 0 heterocycles. The summed E-state index contributed by atoms with van der Waals surface area (Å²) < 4.78 is 31.2. The summed E-state index contributed by atoms with van der Waals surface area (Å²) in [5.74, 6) is -0.562. The van der Waals surface area contributed by atoms with Crippen molar-refractivity contribution in [2.24, 2.45) is 0 Å². The molecule has 92 valence electrons. The highest BCUT2D eigenvalue weighted by molar-refractivity contribution is 5.96. The smallest absolute Gasteiger partial charge is 0.163 e. The highest BCUT2D eigenvalue weighted by atomic mass is 19.1. The van der Waals surface area contributed by atoms with Crippen LogP contribution in [0.3, 0.4) is 0 Å². The molecule has 0 amide bonds. The zero-order valence-electron chi connectivity index (χ0n) is 9.61. The summed E-state index contributed by atoms with van der Waals surface area (Å²) in [5.41, 5.74) is 0.152. The second-order valence-electron chi connectivity index (χ2n) is 3.75. The first kappa shape index (κ1) is 12.2. The molecule has 0 N–H and O–H groups in total. The highest BCUT2D eigenvalue weighted by Crippen LogP contribution is 2.26. The first-order valence-corrected chi connectivity index (χ1v) is 5.30. The quantitative estimate of drug-likeness (QED) is 0.768. The molecular weight excluding hydrogens is 238 g/mol. The molecule has 0 bridgehead atoms. The van der Waals surface area contributed by atoms with E-state index in [0.717, 1.165) is 6.07 Å². The Morgan fingerprint density at radius 2 is 1.61 bits per heavy atom. The molecule has 0 saturated heterocycles. The van der Waals surface area contributed by atoms with Crippen molar-refractivity contribution in [1.82, 2.24) is 0 Å². The lowest BCUT2D eigenvalue weighted by Gasteiger charge is -2.09. The van der Waals surface area contributed by atoms with Crippen LogP contribution in [0.1, 0.15) is 17.3 Å². The molecule has 0 unspecified atom stereocenters. The van der Waals surface area contributed by atoms with Crippen molar-refractivity contribution in [3.8, 4) is 11.5 Å². The van der Waals surface area contributed by atoms with Crippen LogP contribution in [-0.4, -0.2) is 5.78 Å². The predicted octanol–water partition coefficient (Wildman–Crippen LogP) is 3.96. The van der Waals surface area contributed by atoms with Crippen LogP contribution in [0.2, 0.25) is 0 Å². The number of ether oxygens (including phenoxy) is 1. The molecule has 0 aliphatic heterocycles. The van der Waals surface area contributed by atoms with Gasteiger partial charge in [-0.3, -0.25) is 4.79 Å². The fourth-order valence-corrected chi connectivity index (χ4v) is 1.50. The Morgan fingerprint density at radius 3 is 2.22 bits per heavy atom. The van der Waals surface area contributed by atoms with Gasteiger partial charge in [0.25, 0.3) is 0 Å². The zero-order valence-corrected chi connectivity index (χ0v) is 9.61. The van der Waals surface area contributed by atoms with Gasteiger partial charge in [0.1, 0.15) is 23.1 Å². The maximum atomic E-state index is 13.0. The Hall–Kier alpha value is -2.23. The van der Waals surface area contributed by atoms with Crippen molar-refractivity contribution >= 4 is 5.78 Å². The van der Waals surface area contributed by atoms with Crippen LogP contribution < -0.4 is 4.74 Å². The number of hydrogen-bond acceptors (Lipinski definition) is 2. The van der Waals surface area contributed by atoms with Gasteiger partial charge in [-0.05, 0) is 49.4 Å². The normalized spacial score (nSPS) is 10.2. The number of halogens is 2. The molecule has 2 aromatic rings. The third-order valence-corrected chi connectivity index (χ3v) is 2.36. The van der Waals surface area contributed by atoms with E-state index in [1.165, 1.54) is 43.3 Å². The van der Waals surface area contributed by atoms with Gasteiger partial charge in [-0.25, -0.2) is 8.78 Å². The summed E-state index contributed by atoms with van der Waals surface area (Å²) in [6.45, 7) is 1.33. The third-order valence-electron chi connectivity index (χ3n) is 2.36. The van der Waals surface area contributed by atoms with E-state index in [-0.39, 0.29) is 22.9 Å². The molecule has 4 heteroatoms. The van der Waals surface area contributed by atoms with E-state index in [0.29, 0.717) is 5.75 Å². The topological polar surface area (TPSA) is 26.3 Å². The lowest BCUT2D eigenvalue weighted by atomic mass is 10.1. The van der Waals surface area contributed by atoms with Crippen LogP contribution in [0.15, 0.2) is 42.5 Å². The van der Waals surface area contributed by atoms with Gasteiger partial charge in [-0.1, -0.05) is 0 Å². The van der Waals surface area contributed by atoms with E-state index in [1.807, 2.05) is 0 Å². The summed E-state index contributed by atoms with van der Waals surface area (Å²) in [7, 11) is 0. The Labute approximate surface area is 103 Å². The van der Waals surface area contributed by atoms with Crippen LogP contribution in [0, 0.1) is 11.6 Å². The summed E-state index contributed by atoms with van der Waals surface area (Å²) in [5, 5.41) is 0. The second-order valence-corrected chi connectivity index (χ2v) is 3.75. The molecule has 0 radical (unpaired) electrons. The van der Waals surface area contributed by atoms with Crippen molar-refractivity contribution in [3.63, 3.8) is 0 Å². The average Bonchev–Trinajstić information content (AvgIpc) is 2.34. The first-order chi connectivity index (χ1) is 8.56. The van der Waals surface area contributed by atoms with Gasteiger partial charge in [0.2, 0.25) is 0 Å². The number of hydrogen-bond donors (Lipinski definition) is 0. The van der Waals surface area contributed by atoms with Crippen molar-refractivity contribution < 1.29 is 18.3 Å². The van der Waals surface area contributed by atoms with E-state index in [9.17, 15) is 13.6 Å². The maximum absolute atomic E-state index is 13.0. The second kappa shape index (κ2) is 4.96. The molecule has 0 saturated carbocycles. The molecule has 18 heavy (non-hydrogen) atoms. The van der Waals surface area contributed by atoms with Gasteiger partial charge in [-0.2, -0.15) is 0 Å². The molecule has 0 aliphatic rings. The maximum Gasteiger partial charge on any atom is 0.163 e. The zero-order chi connectivity index (χ0) is 13.1. The number of Topliss-reactive ketones (excluding diaryl/α,β-unsaturated/α-hetero) is 1. The van der Waals surface area contributed by atoms with E-state index in [4.69, 9.17) is 4.74 Å². The van der Waals surface area contributed by atoms with Gasteiger partial charge in [0.05, 0.1) is 5.56 Å². The van der Waals surface area contributed by atoms with Gasteiger partial charge in [-0.15, -0.1) is 0 Å². The molecule has 2 rings (SSSR count). The first-order valence-electron chi connectivity index (χ1n) is 5.30. The highest BCUT2D eigenvalue weighted by Gasteiger charge is 2.10. The van der Waals surface area contributed by atoms with E-state index in [1.54, 1.807) is 0 Å². The van der Waals surface area contributed by atoms with Crippen LogP contribution >= 0.6 is 0 Å². The van der Waals surface area contributed by atoms with Gasteiger partial charge in [0, 0.05) is 0 Å². The summed E-state index contributed by atoms with van der Waals surface area (Å²) in [4.78, 5) is 11.4. The van der Waals surface area contributed by atoms with E-state index in [2.05, 4.69) is 0 Å². The van der Waals surface area contributed by atoms with Gasteiger partial charge < -0.3 is 4.74 Å². The van der Waals surface area contributed by atoms with Gasteiger partial charge in [0.15, 0.2) is 5.78 Å². The fraction of sp³-hybridized carbons (Fsp3) is 0.0714. The standard InChI is InChI=1S/C14H10F2O2/c1-9(17)13-8-11(16)4-7-14(13)18-12-5-2-10(15)3-6-12/h2-8H,1H3. The molecular formula is C14H10F2O2. The molecule has 0 spiro atoms. The number of carbonyl (C=O) groups is 1. The number of benzene rings is 2. The minimum atomic E-state index is -0.508. The largest absolute Gasteiger partial charge is 0.457 e. The Morgan fingerprint density at radius 1 is 1.00 bits per heavy atom. The summed E-state index contributed by atoms with van der Waals surface area (Å²) >= 11 is 0. The van der Waals surface area contributed by atoms with E-state index >= 15 is 0 Å². The van der Waals surface area contributed by atoms with Crippen molar-refractivity contribution in [2.45, 2.75) is 6.92 Å². The summed E-state index contributed by atoms with van der Waals surface area (Å²) in [6, 6.07) is 9.03. The minimum Gasteiger partial charge on any atom is -0.457 e. The number of carbonyl (C=O) groups excluding carboxylic acids is 1. The Balaban J connectivity index is 2.34. The van der Waals surface area contributed by atoms with Crippen LogP contribution in [0.4, 0.5) is 8.78 Å². The van der Waals surface area contributed by atoms with Crippen LogP contribution in [0.5, 0.6) is 11.5 Å². The Kier molecular flexibility index (Phi) is 3.37. The van der Waals surface area contributed by atoms with Crippen LogP contribution in [0.25, 0.3) is 0 Å². The molecule has 2 nitrogen and oxygen atoms in total. The van der Waals surface area contributed by atoms with Crippen LogP contribution in [-0.2, 0) is 0 Å². The SMILES string of the molecule is CC(=O)c1cc(F)ccc1Oc1ccc(F)cc1. The van der Waals surface area contributed by atoms with E-state index < -0.39 is 5.82 Å². The molecule has 0 aliphatic carbocycles. The average molecular weight is 248 g/mol.